The molecule has 0 aromatic heterocycles. The van der Waals surface area contributed by atoms with Crippen LogP contribution in [-0.2, 0) is 0 Å². The number of rotatable bonds is 3. The van der Waals surface area contributed by atoms with Crippen LogP contribution < -0.4 is 5.32 Å². The van der Waals surface area contributed by atoms with E-state index in [0.29, 0.717) is 0 Å². The van der Waals surface area contributed by atoms with Crippen molar-refractivity contribution >= 4 is 0 Å². The Morgan fingerprint density at radius 3 is 2.62 bits per heavy atom. The van der Waals surface area contributed by atoms with Gasteiger partial charge in [-0.1, -0.05) is 19.2 Å². The first-order chi connectivity index (χ1) is 3.81. The molecule has 0 saturated heterocycles. The van der Waals surface area contributed by atoms with E-state index in [1.165, 1.54) is 0 Å². The van der Waals surface area contributed by atoms with Gasteiger partial charge < -0.3 is 5.32 Å². The summed E-state index contributed by atoms with van der Waals surface area (Å²) >= 11 is 0. The zero-order valence-corrected chi connectivity index (χ0v) is 5.15. The largest absolute Gasteiger partial charge is 0.366 e. The number of hydrogen-bond donors (Lipinski definition) is 1. The fraction of sp³-hybridized carbons (Fsp3) is 0.143. The quantitative estimate of drug-likeness (QED) is 0.550. The van der Waals surface area contributed by atoms with Crippen molar-refractivity contribution in [1.29, 1.82) is 0 Å². The van der Waals surface area contributed by atoms with Gasteiger partial charge in [0, 0.05) is 7.12 Å². The first-order valence-electron chi connectivity index (χ1n) is 2.48. The van der Waals surface area contributed by atoms with Crippen molar-refractivity contribution in [3.8, 4) is 0 Å². The van der Waals surface area contributed by atoms with Gasteiger partial charge in [0.15, 0.2) is 0 Å². The Kier molecular flexibility index (Phi) is 3.67. The molecular weight excluding hydrogens is 98.1 g/mol. The summed E-state index contributed by atoms with van der Waals surface area (Å²) in [7, 11) is 0. The molecular formula is C7H13N. The SMILES string of the molecule is C=C/C=C(\C)NC=C.[HH]. The van der Waals surface area contributed by atoms with Gasteiger partial charge in [-0.2, -0.15) is 0 Å². The average molecular weight is 111 g/mol. The average Bonchev–Trinajstić information content (AvgIpc) is 1.68. The zero-order valence-electron chi connectivity index (χ0n) is 5.15. The molecule has 0 aliphatic heterocycles. The summed E-state index contributed by atoms with van der Waals surface area (Å²) in [6.07, 6.45) is 5.24. The van der Waals surface area contributed by atoms with Gasteiger partial charge in [0.05, 0.1) is 0 Å². The second kappa shape index (κ2) is 4.19. The molecule has 1 heteroatoms. The van der Waals surface area contributed by atoms with Gasteiger partial charge in [-0.3, -0.25) is 0 Å². The van der Waals surface area contributed by atoms with Crippen molar-refractivity contribution in [3.05, 3.63) is 37.2 Å². The molecule has 0 aromatic rings. The summed E-state index contributed by atoms with van der Waals surface area (Å²) < 4.78 is 0. The topological polar surface area (TPSA) is 12.0 Å². The molecule has 0 fully saturated rings. The number of allylic oxidation sites excluding steroid dienone is 3. The first-order valence-corrected chi connectivity index (χ1v) is 2.48. The molecule has 0 aliphatic rings. The number of nitrogens with one attached hydrogen (secondary N) is 1. The summed E-state index contributed by atoms with van der Waals surface area (Å²) in [6, 6.07) is 0. The normalized spacial score (nSPS) is 10.4. The van der Waals surface area contributed by atoms with Crippen LogP contribution in [0, 0.1) is 0 Å². The molecule has 46 valence electrons. The summed E-state index contributed by atoms with van der Waals surface area (Å²) in [5.74, 6) is 0. The van der Waals surface area contributed by atoms with E-state index < -0.39 is 0 Å². The first kappa shape index (κ1) is 7.02. The third kappa shape index (κ3) is 3.22. The molecule has 0 bridgehead atoms. The maximum absolute atomic E-state index is 3.53. The van der Waals surface area contributed by atoms with Crippen molar-refractivity contribution in [2.45, 2.75) is 6.92 Å². The molecule has 1 N–H and O–H groups in total. The van der Waals surface area contributed by atoms with Crippen molar-refractivity contribution in [1.82, 2.24) is 5.32 Å². The summed E-state index contributed by atoms with van der Waals surface area (Å²) in [4.78, 5) is 0. The molecule has 0 amide bonds. The van der Waals surface area contributed by atoms with Crippen molar-refractivity contribution < 1.29 is 1.43 Å². The molecule has 0 aliphatic carbocycles. The van der Waals surface area contributed by atoms with Gasteiger partial charge in [-0.15, -0.1) is 0 Å². The highest BCUT2D eigenvalue weighted by molar-refractivity contribution is 5.07. The van der Waals surface area contributed by atoms with E-state index in [1.807, 2.05) is 13.0 Å². The molecule has 0 unspecified atom stereocenters. The van der Waals surface area contributed by atoms with Crippen LogP contribution in [0.2, 0.25) is 0 Å². The van der Waals surface area contributed by atoms with E-state index in [9.17, 15) is 0 Å². The molecule has 0 heterocycles. The van der Waals surface area contributed by atoms with Gasteiger partial charge in [-0.25, -0.2) is 0 Å². The highest BCUT2D eigenvalue weighted by atomic mass is 14.8. The minimum atomic E-state index is 0. The molecule has 0 atom stereocenters. The molecule has 0 saturated carbocycles. The van der Waals surface area contributed by atoms with Crippen LogP contribution in [0.25, 0.3) is 0 Å². The van der Waals surface area contributed by atoms with Crippen molar-refractivity contribution in [2.75, 3.05) is 0 Å². The van der Waals surface area contributed by atoms with Crippen LogP contribution in [-0.4, -0.2) is 0 Å². The molecule has 8 heavy (non-hydrogen) atoms. The third-order valence-electron chi connectivity index (χ3n) is 0.698. The highest BCUT2D eigenvalue weighted by Gasteiger charge is 1.74. The Labute approximate surface area is 51.9 Å². The Balaban J connectivity index is 0. The second-order valence-corrected chi connectivity index (χ2v) is 1.43. The Hall–Kier alpha value is -0.980. The molecule has 0 spiro atoms. The standard InChI is InChI=1S/C7H11N.H2/c1-4-6-7(3)8-5-2;/h4-6,8H,1-2H2,3H3;1H/b7-6+;. The van der Waals surface area contributed by atoms with E-state index in [0.717, 1.165) is 5.70 Å². The fourth-order valence-electron chi connectivity index (χ4n) is 0.386. The molecule has 0 rings (SSSR count). The van der Waals surface area contributed by atoms with Gasteiger partial charge in [0.25, 0.3) is 0 Å². The molecule has 1 nitrogen and oxygen atoms in total. The summed E-state index contributed by atoms with van der Waals surface area (Å²) in [6.45, 7) is 8.98. The second-order valence-electron chi connectivity index (χ2n) is 1.43. The van der Waals surface area contributed by atoms with E-state index in [-0.39, 0.29) is 1.43 Å². The minimum Gasteiger partial charge on any atom is -0.366 e. The molecule has 0 radical (unpaired) electrons. The smallest absolute Gasteiger partial charge is 0.0114 e. The van der Waals surface area contributed by atoms with Gasteiger partial charge in [-0.05, 0) is 19.2 Å². The van der Waals surface area contributed by atoms with Crippen LogP contribution in [0.1, 0.15) is 8.35 Å². The van der Waals surface area contributed by atoms with E-state index in [4.69, 9.17) is 0 Å². The van der Waals surface area contributed by atoms with Crippen LogP contribution in [0.5, 0.6) is 0 Å². The lowest BCUT2D eigenvalue weighted by Crippen LogP contribution is -1.98. The van der Waals surface area contributed by atoms with Crippen molar-refractivity contribution in [2.24, 2.45) is 0 Å². The van der Waals surface area contributed by atoms with E-state index >= 15 is 0 Å². The lowest BCUT2D eigenvalue weighted by atomic mass is 10.4. The zero-order chi connectivity index (χ0) is 6.41. The summed E-state index contributed by atoms with van der Waals surface area (Å²) in [5.41, 5.74) is 1.05. The Bertz CT molecular complexity index is 116. The van der Waals surface area contributed by atoms with Crippen molar-refractivity contribution in [3.63, 3.8) is 0 Å². The van der Waals surface area contributed by atoms with Crippen LogP contribution in [0.4, 0.5) is 0 Å². The maximum Gasteiger partial charge on any atom is 0.0114 e. The van der Waals surface area contributed by atoms with Gasteiger partial charge in [0.1, 0.15) is 0 Å². The summed E-state index contributed by atoms with van der Waals surface area (Å²) in [5, 5.41) is 2.90. The third-order valence-corrected chi connectivity index (χ3v) is 0.698. The Morgan fingerprint density at radius 1 is 1.62 bits per heavy atom. The Morgan fingerprint density at radius 2 is 2.25 bits per heavy atom. The van der Waals surface area contributed by atoms with E-state index in [2.05, 4.69) is 18.5 Å². The van der Waals surface area contributed by atoms with Crippen LogP contribution >= 0.6 is 0 Å². The van der Waals surface area contributed by atoms with E-state index in [1.54, 1.807) is 12.3 Å². The maximum atomic E-state index is 3.53. The van der Waals surface area contributed by atoms with Gasteiger partial charge in [0.2, 0.25) is 0 Å². The molecule has 0 aromatic carbocycles. The predicted molar refractivity (Wildman–Crippen MR) is 39.4 cm³/mol. The lowest BCUT2D eigenvalue weighted by molar-refractivity contribution is 1.06. The highest BCUT2D eigenvalue weighted by Crippen LogP contribution is 1.83. The van der Waals surface area contributed by atoms with Crippen LogP contribution in [0.3, 0.4) is 0 Å². The van der Waals surface area contributed by atoms with Crippen LogP contribution in [0.15, 0.2) is 37.2 Å². The number of hydrogen-bond acceptors (Lipinski definition) is 1. The minimum absolute atomic E-state index is 0. The fourth-order valence-corrected chi connectivity index (χ4v) is 0.386. The predicted octanol–water partition coefficient (Wildman–Crippen LogP) is 2.06. The van der Waals surface area contributed by atoms with Gasteiger partial charge >= 0.3 is 0 Å². The lowest BCUT2D eigenvalue weighted by Gasteiger charge is -1.94. The monoisotopic (exact) mass is 111 g/mol.